The number of hydrogen-bond acceptors (Lipinski definition) is 8. The average molecular weight is 389 g/mol. The van der Waals surface area contributed by atoms with E-state index in [0.717, 1.165) is 5.56 Å². The Hall–Kier alpha value is -3.85. The van der Waals surface area contributed by atoms with E-state index in [1.807, 2.05) is 30.3 Å². The minimum atomic E-state index is -0.386. The third-order valence-corrected chi connectivity index (χ3v) is 4.84. The number of fused-ring (bicyclic) bond motifs is 1. The van der Waals surface area contributed by atoms with Crippen LogP contribution in [-0.4, -0.2) is 26.1 Å². The molecule has 1 N–H and O–H groups in total. The van der Waals surface area contributed by atoms with Gasteiger partial charge in [-0.1, -0.05) is 35.4 Å². The van der Waals surface area contributed by atoms with E-state index in [0.29, 0.717) is 27.4 Å². The van der Waals surface area contributed by atoms with Crippen LogP contribution in [0.3, 0.4) is 0 Å². The van der Waals surface area contributed by atoms with Gasteiger partial charge in [-0.2, -0.15) is 0 Å². The van der Waals surface area contributed by atoms with Gasteiger partial charge in [0.15, 0.2) is 11.4 Å². The van der Waals surface area contributed by atoms with Crippen LogP contribution >= 0.6 is 11.3 Å². The molecule has 5 rings (SSSR count). The van der Waals surface area contributed by atoms with Gasteiger partial charge in [0.1, 0.15) is 0 Å². The summed E-state index contributed by atoms with van der Waals surface area (Å²) >= 11 is 1.34. The van der Waals surface area contributed by atoms with Crippen molar-refractivity contribution in [3.8, 4) is 22.9 Å². The summed E-state index contributed by atoms with van der Waals surface area (Å²) in [5, 5.41) is 10.4. The normalized spacial score (nSPS) is 11.0. The highest BCUT2D eigenvalue weighted by Crippen LogP contribution is 2.28. The topological polar surface area (TPSA) is 107 Å². The summed E-state index contributed by atoms with van der Waals surface area (Å²) in [5.74, 6) is 0.222. The smallest absolute Gasteiger partial charge is 0.322 e. The molecular weight excluding hydrogens is 378 g/mol. The molecule has 28 heavy (non-hydrogen) atoms. The maximum atomic E-state index is 12.9. The van der Waals surface area contributed by atoms with Crippen LogP contribution in [0.4, 0.5) is 6.01 Å². The number of hydrogen-bond donors (Lipinski definition) is 1. The van der Waals surface area contributed by atoms with Gasteiger partial charge in [0.2, 0.25) is 0 Å². The van der Waals surface area contributed by atoms with Crippen LogP contribution in [0.15, 0.2) is 69.1 Å². The molecule has 0 aliphatic rings. The number of thiazole rings is 1. The van der Waals surface area contributed by atoms with Crippen molar-refractivity contribution in [1.82, 2.24) is 20.2 Å². The lowest BCUT2D eigenvalue weighted by molar-refractivity contribution is 0.102. The molecule has 8 nitrogen and oxygen atoms in total. The molecule has 0 unspecified atom stereocenters. The van der Waals surface area contributed by atoms with Crippen molar-refractivity contribution in [2.24, 2.45) is 0 Å². The molecule has 5 aromatic rings. The number of amides is 1. The predicted octanol–water partition coefficient (Wildman–Crippen LogP) is 4.25. The predicted molar refractivity (Wildman–Crippen MR) is 103 cm³/mol. The Morgan fingerprint density at radius 2 is 1.96 bits per heavy atom. The molecule has 0 spiro atoms. The van der Waals surface area contributed by atoms with Crippen LogP contribution in [-0.2, 0) is 0 Å². The van der Waals surface area contributed by atoms with Crippen molar-refractivity contribution in [2.75, 3.05) is 5.32 Å². The van der Waals surface area contributed by atoms with Crippen LogP contribution in [0, 0.1) is 0 Å². The van der Waals surface area contributed by atoms with Crippen LogP contribution in [0.25, 0.3) is 33.3 Å². The zero-order valence-electron chi connectivity index (χ0n) is 14.2. The number of benzene rings is 1. The van der Waals surface area contributed by atoms with Gasteiger partial charge in [-0.15, -0.1) is 16.4 Å². The molecule has 4 heterocycles. The zero-order chi connectivity index (χ0) is 18.9. The monoisotopic (exact) mass is 389 g/mol. The number of nitrogens with zero attached hydrogens (tertiary/aromatic N) is 4. The van der Waals surface area contributed by atoms with Gasteiger partial charge < -0.3 is 8.83 Å². The highest BCUT2D eigenvalue weighted by molar-refractivity contribution is 7.17. The molecule has 9 heteroatoms. The van der Waals surface area contributed by atoms with Crippen LogP contribution < -0.4 is 5.32 Å². The van der Waals surface area contributed by atoms with E-state index in [1.165, 1.54) is 17.6 Å². The Morgan fingerprint density at radius 3 is 2.79 bits per heavy atom. The molecular formula is C19H11N5O3S. The van der Waals surface area contributed by atoms with Gasteiger partial charge in [0, 0.05) is 5.56 Å². The molecule has 0 atom stereocenters. The van der Waals surface area contributed by atoms with Crippen molar-refractivity contribution in [3.63, 3.8) is 0 Å². The Balaban J connectivity index is 1.50. The zero-order valence-corrected chi connectivity index (χ0v) is 15.0. The quantitative estimate of drug-likeness (QED) is 0.489. The summed E-state index contributed by atoms with van der Waals surface area (Å²) in [7, 11) is 0. The Kier molecular flexibility index (Phi) is 3.91. The molecule has 0 aliphatic carbocycles. The van der Waals surface area contributed by atoms with Gasteiger partial charge in [-0.05, 0) is 18.2 Å². The lowest BCUT2D eigenvalue weighted by Crippen LogP contribution is -2.13. The number of carbonyl (C=O) groups is 1. The SMILES string of the molecule is O=C(Nc1nnc(-c2ccco2)o1)c1cc(-c2ccccc2)nc2ncsc12. The third-order valence-electron chi connectivity index (χ3n) is 3.99. The van der Waals surface area contributed by atoms with E-state index in [2.05, 4.69) is 25.5 Å². The van der Waals surface area contributed by atoms with Crippen molar-refractivity contribution in [1.29, 1.82) is 0 Å². The molecule has 0 bridgehead atoms. The van der Waals surface area contributed by atoms with Gasteiger partial charge in [-0.3, -0.25) is 10.1 Å². The Bertz CT molecular complexity index is 1260. The minimum Gasteiger partial charge on any atom is -0.459 e. The van der Waals surface area contributed by atoms with Gasteiger partial charge in [0.25, 0.3) is 11.8 Å². The van der Waals surface area contributed by atoms with Crippen molar-refractivity contribution in [2.45, 2.75) is 0 Å². The van der Waals surface area contributed by atoms with Crippen LogP contribution in [0.2, 0.25) is 0 Å². The van der Waals surface area contributed by atoms with E-state index in [9.17, 15) is 4.79 Å². The Labute approximate surface area is 161 Å². The summed E-state index contributed by atoms with van der Waals surface area (Å²) < 4.78 is 11.3. The number of rotatable bonds is 4. The number of carbonyl (C=O) groups excluding carboxylic acids is 1. The minimum absolute atomic E-state index is 0.0212. The second kappa shape index (κ2) is 6.71. The molecule has 4 aromatic heterocycles. The summed E-state index contributed by atoms with van der Waals surface area (Å²) in [4.78, 5) is 21.7. The van der Waals surface area contributed by atoms with Gasteiger partial charge >= 0.3 is 6.01 Å². The number of anilines is 1. The fraction of sp³-hybridized carbons (Fsp3) is 0. The Morgan fingerprint density at radius 1 is 1.07 bits per heavy atom. The highest BCUT2D eigenvalue weighted by atomic mass is 32.1. The fourth-order valence-corrected chi connectivity index (χ4v) is 3.46. The maximum absolute atomic E-state index is 12.9. The second-order valence-electron chi connectivity index (χ2n) is 5.77. The van der Waals surface area contributed by atoms with Crippen molar-refractivity contribution < 1.29 is 13.6 Å². The fourth-order valence-electron chi connectivity index (χ4n) is 2.72. The highest BCUT2D eigenvalue weighted by Gasteiger charge is 2.19. The van der Waals surface area contributed by atoms with Crippen molar-refractivity contribution in [3.05, 3.63) is 65.9 Å². The molecule has 0 saturated carbocycles. The lowest BCUT2D eigenvalue weighted by Gasteiger charge is -2.06. The first-order valence-electron chi connectivity index (χ1n) is 8.26. The summed E-state index contributed by atoms with van der Waals surface area (Å²) in [6, 6.07) is 14.7. The van der Waals surface area contributed by atoms with E-state index < -0.39 is 0 Å². The van der Waals surface area contributed by atoms with E-state index in [1.54, 1.807) is 23.7 Å². The van der Waals surface area contributed by atoms with Crippen molar-refractivity contribution >= 4 is 33.6 Å². The lowest BCUT2D eigenvalue weighted by atomic mass is 10.1. The van der Waals surface area contributed by atoms with Crippen LogP contribution in [0.5, 0.6) is 0 Å². The summed E-state index contributed by atoms with van der Waals surface area (Å²) in [6.45, 7) is 0. The second-order valence-corrected chi connectivity index (χ2v) is 6.62. The van der Waals surface area contributed by atoms with E-state index >= 15 is 0 Å². The van der Waals surface area contributed by atoms with Gasteiger partial charge in [0.05, 0.1) is 27.7 Å². The average Bonchev–Trinajstić information content (AvgIpc) is 3.48. The first kappa shape index (κ1) is 16.3. The molecule has 1 aromatic carbocycles. The molecule has 136 valence electrons. The summed E-state index contributed by atoms with van der Waals surface area (Å²) in [6.07, 6.45) is 1.50. The molecule has 0 radical (unpaired) electrons. The molecule has 0 aliphatic heterocycles. The standard InChI is InChI=1S/C19H11N5O3S/c25-17(22-19-24-23-18(27-19)14-7-4-8-26-14)12-9-13(11-5-2-1-3-6-11)21-16-15(12)28-10-20-16/h1-10H,(H,22,24,25). The molecule has 1 amide bonds. The third kappa shape index (κ3) is 2.93. The largest absolute Gasteiger partial charge is 0.459 e. The molecule has 0 saturated heterocycles. The number of pyridine rings is 1. The first-order valence-corrected chi connectivity index (χ1v) is 9.14. The van der Waals surface area contributed by atoms with E-state index in [4.69, 9.17) is 8.83 Å². The summed E-state index contributed by atoms with van der Waals surface area (Å²) in [5.41, 5.74) is 4.16. The van der Waals surface area contributed by atoms with Crippen LogP contribution in [0.1, 0.15) is 10.4 Å². The van der Waals surface area contributed by atoms with E-state index in [-0.39, 0.29) is 17.8 Å². The number of aromatic nitrogens is 4. The van der Waals surface area contributed by atoms with Gasteiger partial charge in [-0.25, -0.2) is 9.97 Å². The molecule has 0 fully saturated rings. The number of nitrogens with one attached hydrogen (secondary N) is 1. The number of furan rings is 1. The maximum Gasteiger partial charge on any atom is 0.322 e. The first-order chi connectivity index (χ1) is 13.8.